The molecule has 1 aromatic rings. The Kier molecular flexibility index (Phi) is 5.20. The summed E-state index contributed by atoms with van der Waals surface area (Å²) in [7, 11) is 0. The maximum absolute atomic E-state index is 12.2. The van der Waals surface area contributed by atoms with Gasteiger partial charge in [-0.15, -0.1) is 11.8 Å². The predicted octanol–water partition coefficient (Wildman–Crippen LogP) is 3.18. The van der Waals surface area contributed by atoms with E-state index in [0.29, 0.717) is 5.75 Å². The molecule has 0 unspecified atom stereocenters. The minimum absolute atomic E-state index is 0.152. The summed E-state index contributed by atoms with van der Waals surface area (Å²) in [5, 5.41) is 0. The van der Waals surface area contributed by atoms with Crippen LogP contribution in [0.2, 0.25) is 0 Å². The molecular weight excluding hydrogens is 280 g/mol. The van der Waals surface area contributed by atoms with E-state index in [-0.39, 0.29) is 10.7 Å². The molecule has 0 atom stereocenters. The molecule has 0 radical (unpaired) electrons. The third-order valence-electron chi connectivity index (χ3n) is 3.63. The van der Waals surface area contributed by atoms with Crippen LogP contribution in [0.25, 0.3) is 0 Å². The fourth-order valence-electron chi connectivity index (χ4n) is 2.41. The van der Waals surface area contributed by atoms with Gasteiger partial charge in [0.05, 0.1) is 5.75 Å². The summed E-state index contributed by atoms with van der Waals surface area (Å²) in [6.07, 6.45) is 0. The van der Waals surface area contributed by atoms with Crippen LogP contribution in [-0.2, 0) is 4.79 Å². The second-order valence-corrected chi connectivity index (χ2v) is 8.41. The highest BCUT2D eigenvalue weighted by Gasteiger charge is 2.22. The summed E-state index contributed by atoms with van der Waals surface area (Å²) in [6, 6.07) is 8.59. The van der Waals surface area contributed by atoms with Gasteiger partial charge in [0.2, 0.25) is 5.91 Å². The number of carbonyl (C=O) groups is 1. The van der Waals surface area contributed by atoms with Gasteiger partial charge in [-0.05, 0) is 24.6 Å². The lowest BCUT2D eigenvalue weighted by Gasteiger charge is -2.36. The molecule has 3 nitrogen and oxygen atoms in total. The number of rotatable bonds is 3. The summed E-state index contributed by atoms with van der Waals surface area (Å²) in [6.45, 7) is 12.1. The van der Waals surface area contributed by atoms with Crippen molar-refractivity contribution >= 4 is 23.4 Å². The van der Waals surface area contributed by atoms with Crippen LogP contribution in [0.1, 0.15) is 26.3 Å². The normalized spacial score (nSPS) is 16.2. The monoisotopic (exact) mass is 306 g/mol. The summed E-state index contributed by atoms with van der Waals surface area (Å²) in [5.41, 5.74) is 2.55. The van der Waals surface area contributed by atoms with E-state index in [2.05, 4.69) is 56.9 Å². The molecule has 0 N–H and O–H groups in total. The lowest BCUT2D eigenvalue weighted by atomic mass is 10.2. The fourth-order valence-corrected chi connectivity index (χ4v) is 3.15. The van der Waals surface area contributed by atoms with Crippen molar-refractivity contribution in [1.29, 1.82) is 0 Å². The molecule has 2 rings (SSSR count). The van der Waals surface area contributed by atoms with Crippen LogP contribution in [0, 0.1) is 6.92 Å². The van der Waals surface area contributed by atoms with Crippen molar-refractivity contribution in [2.75, 3.05) is 36.8 Å². The van der Waals surface area contributed by atoms with Gasteiger partial charge in [0.15, 0.2) is 0 Å². The van der Waals surface area contributed by atoms with Crippen molar-refractivity contribution < 1.29 is 4.79 Å². The first kappa shape index (κ1) is 16.2. The van der Waals surface area contributed by atoms with E-state index in [0.717, 1.165) is 26.2 Å². The topological polar surface area (TPSA) is 23.6 Å². The molecule has 21 heavy (non-hydrogen) atoms. The van der Waals surface area contributed by atoms with E-state index in [4.69, 9.17) is 0 Å². The molecule has 1 heterocycles. The number of hydrogen-bond acceptors (Lipinski definition) is 3. The van der Waals surface area contributed by atoms with Gasteiger partial charge in [-0.2, -0.15) is 0 Å². The van der Waals surface area contributed by atoms with Gasteiger partial charge in [-0.3, -0.25) is 4.79 Å². The van der Waals surface area contributed by atoms with Crippen LogP contribution in [0.4, 0.5) is 5.69 Å². The first-order valence-electron chi connectivity index (χ1n) is 7.58. The van der Waals surface area contributed by atoms with Gasteiger partial charge < -0.3 is 9.80 Å². The first-order valence-corrected chi connectivity index (χ1v) is 8.57. The Bertz CT molecular complexity index is 488. The van der Waals surface area contributed by atoms with Crippen LogP contribution >= 0.6 is 11.8 Å². The number of carbonyl (C=O) groups excluding carboxylic acids is 1. The zero-order chi connectivity index (χ0) is 15.5. The fraction of sp³-hybridized carbons (Fsp3) is 0.588. The number of piperazine rings is 1. The number of thioether (sulfide) groups is 1. The van der Waals surface area contributed by atoms with E-state index in [1.54, 1.807) is 11.8 Å². The summed E-state index contributed by atoms with van der Waals surface area (Å²) in [5.74, 6) is 0.868. The van der Waals surface area contributed by atoms with Crippen LogP contribution in [0.3, 0.4) is 0 Å². The maximum atomic E-state index is 12.2. The van der Waals surface area contributed by atoms with Gasteiger partial charge in [-0.1, -0.05) is 32.9 Å². The van der Waals surface area contributed by atoms with Crippen molar-refractivity contribution in [1.82, 2.24) is 4.90 Å². The second-order valence-electron chi connectivity index (χ2n) is 6.61. The molecule has 1 aliphatic rings. The third kappa shape index (κ3) is 4.95. The molecule has 116 valence electrons. The van der Waals surface area contributed by atoms with Gasteiger partial charge in [-0.25, -0.2) is 0 Å². The highest BCUT2D eigenvalue weighted by Crippen LogP contribution is 2.24. The predicted molar refractivity (Wildman–Crippen MR) is 92.2 cm³/mol. The molecule has 0 aliphatic carbocycles. The maximum Gasteiger partial charge on any atom is 0.232 e. The van der Waals surface area contributed by atoms with Crippen molar-refractivity contribution in [2.45, 2.75) is 32.4 Å². The molecule has 4 heteroatoms. The largest absolute Gasteiger partial charge is 0.368 e. The lowest BCUT2D eigenvalue weighted by Crippen LogP contribution is -2.49. The van der Waals surface area contributed by atoms with E-state index in [1.807, 2.05) is 4.90 Å². The number of benzene rings is 1. The molecule has 1 amide bonds. The van der Waals surface area contributed by atoms with Crippen LogP contribution < -0.4 is 4.90 Å². The number of hydrogen-bond donors (Lipinski definition) is 0. The Morgan fingerprint density at radius 2 is 1.86 bits per heavy atom. The Morgan fingerprint density at radius 1 is 1.19 bits per heavy atom. The standard InChI is InChI=1S/C17H26N2OS/c1-14-6-5-7-15(12-14)18-8-10-19(11-9-18)16(20)13-21-17(2,3)4/h5-7,12H,8-11,13H2,1-4H3. The van der Waals surface area contributed by atoms with Crippen LogP contribution in [-0.4, -0.2) is 47.5 Å². The Morgan fingerprint density at radius 3 is 2.43 bits per heavy atom. The number of anilines is 1. The van der Waals surface area contributed by atoms with E-state index in [1.165, 1.54) is 11.3 Å². The molecule has 0 bridgehead atoms. The Labute approximate surface area is 132 Å². The zero-order valence-electron chi connectivity index (χ0n) is 13.6. The summed E-state index contributed by atoms with van der Waals surface area (Å²) < 4.78 is 0.152. The van der Waals surface area contributed by atoms with E-state index in [9.17, 15) is 4.79 Å². The highest BCUT2D eigenvalue weighted by atomic mass is 32.2. The van der Waals surface area contributed by atoms with Gasteiger partial charge in [0.1, 0.15) is 0 Å². The smallest absolute Gasteiger partial charge is 0.232 e. The first-order chi connectivity index (χ1) is 9.85. The van der Waals surface area contributed by atoms with Gasteiger partial charge >= 0.3 is 0 Å². The zero-order valence-corrected chi connectivity index (χ0v) is 14.4. The molecule has 1 aliphatic heterocycles. The highest BCUT2D eigenvalue weighted by molar-refractivity contribution is 8.01. The average molecular weight is 306 g/mol. The second kappa shape index (κ2) is 6.73. The molecule has 0 aromatic heterocycles. The SMILES string of the molecule is Cc1cccc(N2CCN(C(=O)CSC(C)(C)C)CC2)c1. The average Bonchev–Trinajstić information content (AvgIpc) is 2.44. The molecular formula is C17H26N2OS. The van der Waals surface area contributed by atoms with Crippen LogP contribution in [0.5, 0.6) is 0 Å². The summed E-state index contributed by atoms with van der Waals surface area (Å²) in [4.78, 5) is 16.6. The van der Waals surface area contributed by atoms with E-state index >= 15 is 0 Å². The number of nitrogens with zero attached hydrogens (tertiary/aromatic N) is 2. The quantitative estimate of drug-likeness (QED) is 0.857. The number of aryl methyl sites for hydroxylation is 1. The van der Waals surface area contributed by atoms with Crippen molar-refractivity contribution in [3.05, 3.63) is 29.8 Å². The Balaban J connectivity index is 1.84. The molecule has 0 saturated carbocycles. The minimum Gasteiger partial charge on any atom is -0.368 e. The molecule has 1 aromatic carbocycles. The minimum atomic E-state index is 0.152. The molecule has 1 fully saturated rings. The lowest BCUT2D eigenvalue weighted by molar-refractivity contribution is -0.128. The van der Waals surface area contributed by atoms with Crippen molar-refractivity contribution in [3.63, 3.8) is 0 Å². The van der Waals surface area contributed by atoms with Crippen molar-refractivity contribution in [2.24, 2.45) is 0 Å². The van der Waals surface area contributed by atoms with Crippen LogP contribution in [0.15, 0.2) is 24.3 Å². The Hall–Kier alpha value is -1.16. The van der Waals surface area contributed by atoms with E-state index < -0.39 is 0 Å². The van der Waals surface area contributed by atoms with Gasteiger partial charge in [0, 0.05) is 36.6 Å². The van der Waals surface area contributed by atoms with Gasteiger partial charge in [0.25, 0.3) is 0 Å². The molecule has 0 spiro atoms. The summed E-state index contributed by atoms with van der Waals surface area (Å²) >= 11 is 1.73. The van der Waals surface area contributed by atoms with Crippen molar-refractivity contribution in [3.8, 4) is 0 Å². The third-order valence-corrected chi connectivity index (χ3v) is 4.89. The number of amides is 1. The molecule has 1 saturated heterocycles.